The van der Waals surface area contributed by atoms with Crippen molar-refractivity contribution in [3.8, 4) is 16.9 Å². The van der Waals surface area contributed by atoms with Crippen LogP contribution in [0.1, 0.15) is 6.42 Å². The molecular weight excluding hydrogens is 434 g/mol. The highest BCUT2D eigenvalue weighted by atomic mass is 16.5. The third-order valence-electron chi connectivity index (χ3n) is 5.75. The molecule has 0 fully saturated rings. The predicted molar refractivity (Wildman–Crippen MR) is 131 cm³/mol. The zero-order chi connectivity index (χ0) is 24.1. The number of nitrogens with zero attached hydrogens (tertiary/aromatic N) is 4. The number of hydrogen-bond donors (Lipinski definition) is 2. The molecule has 0 amide bonds. The Morgan fingerprint density at radius 2 is 1.71 bits per heavy atom. The number of ether oxygens (including phenoxy) is 1. The quantitative estimate of drug-likeness (QED) is 0.346. The van der Waals surface area contributed by atoms with Crippen LogP contribution in [0.2, 0.25) is 0 Å². The van der Waals surface area contributed by atoms with Gasteiger partial charge in [-0.2, -0.15) is 0 Å². The van der Waals surface area contributed by atoms with E-state index in [2.05, 4.69) is 22.4 Å². The number of benzene rings is 2. The lowest BCUT2D eigenvalue weighted by Crippen LogP contribution is -2.37. The third kappa shape index (κ3) is 5.11. The molecule has 2 heterocycles. The molecule has 0 saturated carbocycles. The highest BCUT2D eigenvalue weighted by Crippen LogP contribution is 2.22. The summed E-state index contributed by atoms with van der Waals surface area (Å²) >= 11 is 0. The maximum absolute atomic E-state index is 12.5. The van der Waals surface area contributed by atoms with Gasteiger partial charge >= 0.3 is 5.69 Å². The van der Waals surface area contributed by atoms with Crippen LogP contribution in [-0.2, 0) is 20.6 Å². The first kappa shape index (κ1) is 23.5. The lowest BCUT2D eigenvalue weighted by molar-refractivity contribution is 0.106. The summed E-state index contributed by atoms with van der Waals surface area (Å²) < 4.78 is 9.92. The van der Waals surface area contributed by atoms with Crippen LogP contribution >= 0.6 is 0 Å². The molecule has 0 aliphatic carbocycles. The number of aliphatic hydroxyl groups excluding tert-OH is 1. The summed E-state index contributed by atoms with van der Waals surface area (Å²) in [6, 6.07) is 17.9. The molecule has 2 N–H and O–H groups in total. The third-order valence-corrected chi connectivity index (χ3v) is 5.75. The van der Waals surface area contributed by atoms with E-state index >= 15 is 0 Å². The molecule has 2 aromatic heterocycles. The molecule has 1 unspecified atom stereocenters. The molecule has 1 atom stereocenters. The summed E-state index contributed by atoms with van der Waals surface area (Å²) in [6.45, 7) is 1.79. The summed E-state index contributed by atoms with van der Waals surface area (Å²) in [5, 5.41) is 13.4. The normalized spacial score (nSPS) is 12.2. The Morgan fingerprint density at radius 1 is 1.00 bits per heavy atom. The molecule has 2 aromatic carbocycles. The van der Waals surface area contributed by atoms with Crippen LogP contribution in [0.5, 0.6) is 5.75 Å². The van der Waals surface area contributed by atoms with Gasteiger partial charge < -0.3 is 19.7 Å². The Balaban J connectivity index is 1.21. The van der Waals surface area contributed by atoms with Crippen molar-refractivity contribution in [1.29, 1.82) is 0 Å². The van der Waals surface area contributed by atoms with Crippen molar-refractivity contribution in [3.63, 3.8) is 0 Å². The largest absolute Gasteiger partial charge is 0.491 e. The molecule has 0 aliphatic heterocycles. The summed E-state index contributed by atoms with van der Waals surface area (Å²) in [6.07, 6.45) is 1.66. The van der Waals surface area contributed by atoms with Crippen molar-refractivity contribution in [2.24, 2.45) is 14.1 Å². The number of aliphatic hydroxyl groups is 1. The van der Waals surface area contributed by atoms with E-state index < -0.39 is 11.8 Å². The number of rotatable bonds is 10. The maximum Gasteiger partial charge on any atom is 0.332 e. The first-order valence-electron chi connectivity index (χ1n) is 11.2. The van der Waals surface area contributed by atoms with Gasteiger partial charge in [0.05, 0.1) is 6.33 Å². The minimum atomic E-state index is -0.648. The number of aromatic nitrogens is 4. The van der Waals surface area contributed by atoms with Crippen LogP contribution < -0.4 is 21.3 Å². The summed E-state index contributed by atoms with van der Waals surface area (Å²) in [5.74, 6) is 0.710. The highest BCUT2D eigenvalue weighted by Gasteiger charge is 2.14. The van der Waals surface area contributed by atoms with Gasteiger partial charge in [0.1, 0.15) is 18.5 Å². The van der Waals surface area contributed by atoms with Gasteiger partial charge in [0, 0.05) is 27.2 Å². The van der Waals surface area contributed by atoms with E-state index in [0.717, 1.165) is 22.1 Å². The van der Waals surface area contributed by atoms with Gasteiger partial charge in [-0.15, -0.1) is 0 Å². The molecule has 0 saturated heterocycles. The second kappa shape index (κ2) is 10.5. The molecule has 9 nitrogen and oxygen atoms in total. The van der Waals surface area contributed by atoms with Gasteiger partial charge in [-0.25, -0.2) is 9.78 Å². The van der Waals surface area contributed by atoms with Crippen molar-refractivity contribution >= 4 is 11.2 Å². The Labute approximate surface area is 196 Å². The Morgan fingerprint density at radius 3 is 2.44 bits per heavy atom. The van der Waals surface area contributed by atoms with Gasteiger partial charge in [0.15, 0.2) is 11.2 Å². The average molecular weight is 464 g/mol. The van der Waals surface area contributed by atoms with E-state index in [1.807, 2.05) is 42.5 Å². The van der Waals surface area contributed by atoms with Gasteiger partial charge in [0.25, 0.3) is 5.56 Å². The van der Waals surface area contributed by atoms with Crippen molar-refractivity contribution < 1.29 is 9.84 Å². The first-order valence-corrected chi connectivity index (χ1v) is 11.2. The van der Waals surface area contributed by atoms with Crippen molar-refractivity contribution in [2.45, 2.75) is 19.1 Å². The van der Waals surface area contributed by atoms with E-state index in [1.54, 1.807) is 17.9 Å². The van der Waals surface area contributed by atoms with E-state index in [1.165, 1.54) is 11.6 Å². The Hall–Kier alpha value is -3.69. The molecule has 4 rings (SSSR count). The number of nitrogens with one attached hydrogen (secondary N) is 1. The number of hydrogen-bond acceptors (Lipinski definition) is 6. The topological polar surface area (TPSA) is 103 Å². The molecule has 0 aliphatic rings. The molecule has 0 radical (unpaired) electrons. The van der Waals surface area contributed by atoms with E-state index in [4.69, 9.17) is 4.74 Å². The van der Waals surface area contributed by atoms with Crippen LogP contribution in [0, 0.1) is 0 Å². The molecule has 34 heavy (non-hydrogen) atoms. The summed E-state index contributed by atoms with van der Waals surface area (Å²) in [4.78, 5) is 28.7. The van der Waals surface area contributed by atoms with Gasteiger partial charge in [-0.1, -0.05) is 42.5 Å². The molecule has 178 valence electrons. The average Bonchev–Trinajstić information content (AvgIpc) is 3.29. The van der Waals surface area contributed by atoms with Crippen LogP contribution in [0.4, 0.5) is 0 Å². The number of aryl methyl sites for hydroxylation is 2. The van der Waals surface area contributed by atoms with Crippen molar-refractivity contribution in [2.75, 3.05) is 19.7 Å². The molecule has 0 bridgehead atoms. The van der Waals surface area contributed by atoms with Crippen LogP contribution in [0.15, 0.2) is 70.5 Å². The first-order chi connectivity index (χ1) is 16.5. The van der Waals surface area contributed by atoms with E-state index in [0.29, 0.717) is 36.5 Å². The molecule has 4 aromatic rings. The zero-order valence-corrected chi connectivity index (χ0v) is 19.3. The number of fused-ring (bicyclic) bond motifs is 1. The Kier molecular flexibility index (Phi) is 7.24. The monoisotopic (exact) mass is 463 g/mol. The fourth-order valence-electron chi connectivity index (χ4n) is 3.84. The van der Waals surface area contributed by atoms with Crippen LogP contribution in [-0.4, -0.2) is 49.6 Å². The minimum absolute atomic E-state index is 0.188. The van der Waals surface area contributed by atoms with E-state index in [-0.39, 0.29) is 12.2 Å². The fraction of sp³-hybridized carbons (Fsp3) is 0.320. The molecular formula is C25H29N5O4. The minimum Gasteiger partial charge on any atom is -0.491 e. The Bertz CT molecular complexity index is 1360. The van der Waals surface area contributed by atoms with Gasteiger partial charge in [-0.3, -0.25) is 13.9 Å². The van der Waals surface area contributed by atoms with E-state index in [9.17, 15) is 14.7 Å². The summed E-state index contributed by atoms with van der Waals surface area (Å²) in [7, 11) is 3.06. The lowest BCUT2D eigenvalue weighted by Gasteiger charge is -2.14. The lowest BCUT2D eigenvalue weighted by atomic mass is 10.1. The summed E-state index contributed by atoms with van der Waals surface area (Å²) in [5.41, 5.74) is 2.30. The van der Waals surface area contributed by atoms with Crippen molar-refractivity contribution in [3.05, 3.63) is 81.8 Å². The number of imidazole rings is 1. The van der Waals surface area contributed by atoms with Gasteiger partial charge in [-0.05, 0) is 36.2 Å². The van der Waals surface area contributed by atoms with Crippen LogP contribution in [0.25, 0.3) is 22.3 Å². The SMILES string of the molecule is Cn1c(=O)c2c(ncn2CCCNCC(O)COc2ccc(-c3ccccc3)cc2)n(C)c1=O. The second-order valence-corrected chi connectivity index (χ2v) is 8.23. The standard InChI is InChI=1S/C25H29N5O4/c1-28-23-22(24(32)29(2)25(28)33)30(17-27-23)14-6-13-26-15-20(31)16-34-21-11-9-19(10-12-21)18-7-4-3-5-8-18/h3-5,7-12,17,20,26,31H,6,13-16H2,1-2H3. The fourth-order valence-corrected chi connectivity index (χ4v) is 3.84. The molecule has 0 spiro atoms. The maximum atomic E-state index is 12.5. The zero-order valence-electron chi connectivity index (χ0n) is 19.3. The van der Waals surface area contributed by atoms with Crippen LogP contribution in [0.3, 0.4) is 0 Å². The molecule has 9 heteroatoms. The second-order valence-electron chi connectivity index (χ2n) is 8.23. The predicted octanol–water partition coefficient (Wildman–Crippen LogP) is 1.52. The van der Waals surface area contributed by atoms with Gasteiger partial charge in [0.2, 0.25) is 0 Å². The van der Waals surface area contributed by atoms with Crippen molar-refractivity contribution in [1.82, 2.24) is 24.0 Å². The highest BCUT2D eigenvalue weighted by molar-refractivity contribution is 5.69. The smallest absolute Gasteiger partial charge is 0.332 e.